The average Bonchev–Trinajstić information content (AvgIpc) is 2.26. The maximum absolute atomic E-state index is 9.85. The second-order valence-electron chi connectivity index (χ2n) is 5.74. The van der Waals surface area contributed by atoms with Gasteiger partial charge in [-0.25, -0.2) is 0 Å². The molecule has 0 aromatic heterocycles. The topological polar surface area (TPSA) is 58.6 Å². The third-order valence-corrected chi connectivity index (χ3v) is 3.12. The molecule has 1 unspecified atom stereocenters. The molecule has 1 aliphatic heterocycles. The highest BCUT2D eigenvalue weighted by Gasteiger charge is 2.26. The molecule has 1 fully saturated rings. The zero-order valence-corrected chi connectivity index (χ0v) is 12.9. The molecule has 1 saturated heterocycles. The molecule has 0 aliphatic carbocycles. The van der Waals surface area contributed by atoms with Crippen LogP contribution in [0.3, 0.4) is 0 Å². The van der Waals surface area contributed by atoms with Gasteiger partial charge in [0.15, 0.2) is 0 Å². The fourth-order valence-corrected chi connectivity index (χ4v) is 1.74. The van der Waals surface area contributed by atoms with E-state index in [-0.39, 0.29) is 11.7 Å². The summed E-state index contributed by atoms with van der Waals surface area (Å²) in [5, 5.41) is 13.7. The Hall–Kier alpha value is -1.10. The molecule has 0 spiro atoms. The molecule has 2 rings (SSSR count). The SMILES string of the molecule is CC(C)(C)OC=O.OC(c1ccc(Cl)cc1)C1CNC1. The Kier molecular flexibility index (Phi) is 6.46. The summed E-state index contributed by atoms with van der Waals surface area (Å²) >= 11 is 5.75. The summed E-state index contributed by atoms with van der Waals surface area (Å²) < 4.78 is 4.55. The number of hydrogen-bond acceptors (Lipinski definition) is 4. The lowest BCUT2D eigenvalue weighted by molar-refractivity contribution is -0.138. The molecule has 4 nitrogen and oxygen atoms in total. The number of ether oxygens (including phenoxy) is 1. The van der Waals surface area contributed by atoms with Crippen molar-refractivity contribution < 1.29 is 14.6 Å². The van der Waals surface area contributed by atoms with Crippen LogP contribution >= 0.6 is 11.6 Å². The normalized spacial score (nSPS) is 16.4. The predicted octanol–water partition coefficient (Wildman–Crippen LogP) is 2.55. The van der Waals surface area contributed by atoms with E-state index in [1.807, 2.05) is 45.0 Å². The second-order valence-corrected chi connectivity index (χ2v) is 6.18. The van der Waals surface area contributed by atoms with E-state index in [0.29, 0.717) is 17.4 Å². The van der Waals surface area contributed by atoms with Gasteiger partial charge >= 0.3 is 0 Å². The smallest absolute Gasteiger partial charge is 0.293 e. The van der Waals surface area contributed by atoms with Crippen molar-refractivity contribution in [3.05, 3.63) is 34.9 Å². The van der Waals surface area contributed by atoms with Gasteiger partial charge < -0.3 is 15.2 Å². The molecular formula is C15H22ClNO3. The Morgan fingerprint density at radius 2 is 1.90 bits per heavy atom. The van der Waals surface area contributed by atoms with E-state index in [2.05, 4.69) is 10.1 Å². The van der Waals surface area contributed by atoms with Crippen LogP contribution < -0.4 is 5.32 Å². The minimum atomic E-state index is -0.349. The Morgan fingerprint density at radius 1 is 1.35 bits per heavy atom. The summed E-state index contributed by atoms with van der Waals surface area (Å²) in [6.45, 7) is 7.73. The Labute approximate surface area is 125 Å². The predicted molar refractivity (Wildman–Crippen MR) is 79.7 cm³/mol. The van der Waals surface area contributed by atoms with Crippen molar-refractivity contribution in [1.82, 2.24) is 5.32 Å². The third kappa shape index (κ3) is 5.90. The summed E-state index contributed by atoms with van der Waals surface area (Å²) in [6, 6.07) is 7.38. The van der Waals surface area contributed by atoms with E-state index >= 15 is 0 Å². The van der Waals surface area contributed by atoms with Crippen LogP contribution in [0.4, 0.5) is 0 Å². The fourth-order valence-electron chi connectivity index (χ4n) is 1.61. The summed E-state index contributed by atoms with van der Waals surface area (Å²) in [6.07, 6.45) is -0.349. The number of carbonyl (C=O) groups excluding carboxylic acids is 1. The van der Waals surface area contributed by atoms with Crippen molar-refractivity contribution in [3.8, 4) is 0 Å². The lowest BCUT2D eigenvalue weighted by Gasteiger charge is -2.31. The van der Waals surface area contributed by atoms with Crippen LogP contribution in [0.25, 0.3) is 0 Å². The van der Waals surface area contributed by atoms with Crippen LogP contribution in [0.15, 0.2) is 24.3 Å². The molecule has 1 atom stereocenters. The van der Waals surface area contributed by atoms with E-state index in [4.69, 9.17) is 11.6 Å². The summed E-state index contributed by atoms with van der Waals surface area (Å²) in [7, 11) is 0. The van der Waals surface area contributed by atoms with Gasteiger partial charge in [0.25, 0.3) is 6.47 Å². The molecule has 2 N–H and O–H groups in total. The number of carbonyl (C=O) groups is 1. The van der Waals surface area contributed by atoms with Gasteiger partial charge in [0.1, 0.15) is 5.60 Å². The van der Waals surface area contributed by atoms with Crippen molar-refractivity contribution in [2.75, 3.05) is 13.1 Å². The van der Waals surface area contributed by atoms with Gasteiger partial charge in [-0.05, 0) is 38.5 Å². The first-order valence-electron chi connectivity index (χ1n) is 6.59. The van der Waals surface area contributed by atoms with Gasteiger partial charge in [-0.1, -0.05) is 23.7 Å². The first-order valence-corrected chi connectivity index (χ1v) is 6.97. The zero-order chi connectivity index (χ0) is 15.2. The second kappa shape index (κ2) is 7.62. The van der Waals surface area contributed by atoms with Crippen molar-refractivity contribution >= 4 is 18.1 Å². The molecule has 5 heteroatoms. The number of rotatable bonds is 3. The Balaban J connectivity index is 0.000000246. The quantitative estimate of drug-likeness (QED) is 0.842. The van der Waals surface area contributed by atoms with Crippen LogP contribution in [0.1, 0.15) is 32.4 Å². The van der Waals surface area contributed by atoms with Gasteiger partial charge in [-0.2, -0.15) is 0 Å². The summed E-state index contributed by atoms with van der Waals surface area (Å²) in [5.74, 6) is 0.362. The molecular weight excluding hydrogens is 278 g/mol. The van der Waals surface area contributed by atoms with Crippen molar-refractivity contribution in [2.24, 2.45) is 5.92 Å². The summed E-state index contributed by atoms with van der Waals surface area (Å²) in [5.41, 5.74) is 0.637. The minimum Gasteiger partial charge on any atom is -0.462 e. The molecule has 1 heterocycles. The van der Waals surface area contributed by atoms with Gasteiger partial charge in [0, 0.05) is 24.0 Å². The number of benzene rings is 1. The molecule has 0 saturated carbocycles. The van der Waals surface area contributed by atoms with Gasteiger partial charge in [0.05, 0.1) is 6.10 Å². The van der Waals surface area contributed by atoms with E-state index in [1.54, 1.807) is 0 Å². The van der Waals surface area contributed by atoms with Crippen molar-refractivity contribution in [3.63, 3.8) is 0 Å². The maximum atomic E-state index is 9.85. The highest BCUT2D eigenvalue weighted by atomic mass is 35.5. The first-order chi connectivity index (χ1) is 9.33. The van der Waals surface area contributed by atoms with Gasteiger partial charge in [-0.15, -0.1) is 0 Å². The summed E-state index contributed by atoms with van der Waals surface area (Å²) in [4.78, 5) is 9.60. The monoisotopic (exact) mass is 299 g/mol. The van der Waals surface area contributed by atoms with E-state index in [1.165, 1.54) is 0 Å². The Bertz CT molecular complexity index is 410. The van der Waals surface area contributed by atoms with E-state index in [0.717, 1.165) is 18.7 Å². The lowest BCUT2D eigenvalue weighted by Crippen LogP contribution is -2.45. The van der Waals surface area contributed by atoms with Crippen LogP contribution in [-0.4, -0.2) is 30.3 Å². The molecule has 112 valence electrons. The Morgan fingerprint density at radius 3 is 2.20 bits per heavy atom. The number of hydrogen-bond donors (Lipinski definition) is 2. The number of halogens is 1. The molecule has 0 amide bonds. The minimum absolute atomic E-state index is 0.318. The molecule has 20 heavy (non-hydrogen) atoms. The maximum Gasteiger partial charge on any atom is 0.293 e. The van der Waals surface area contributed by atoms with Crippen molar-refractivity contribution in [2.45, 2.75) is 32.5 Å². The third-order valence-electron chi connectivity index (χ3n) is 2.87. The standard InChI is InChI=1S/C10H12ClNO.C5H10O2/c11-9-3-1-7(2-4-9)10(13)8-5-12-6-8;1-5(2,3)7-4-6/h1-4,8,10,12-13H,5-6H2;4H,1-3H3. The highest BCUT2D eigenvalue weighted by Crippen LogP contribution is 2.25. The van der Waals surface area contributed by atoms with Crippen LogP contribution in [0, 0.1) is 5.92 Å². The number of nitrogens with one attached hydrogen (secondary N) is 1. The van der Waals surface area contributed by atoms with Crippen LogP contribution in [-0.2, 0) is 9.53 Å². The fraction of sp³-hybridized carbons (Fsp3) is 0.533. The molecule has 1 aromatic carbocycles. The average molecular weight is 300 g/mol. The van der Waals surface area contributed by atoms with Crippen LogP contribution in [0.5, 0.6) is 0 Å². The van der Waals surface area contributed by atoms with Crippen LogP contribution in [0.2, 0.25) is 5.02 Å². The number of aliphatic hydroxyl groups excluding tert-OH is 1. The molecule has 0 radical (unpaired) electrons. The first kappa shape index (κ1) is 17.0. The van der Waals surface area contributed by atoms with Gasteiger partial charge in [-0.3, -0.25) is 4.79 Å². The zero-order valence-electron chi connectivity index (χ0n) is 12.1. The van der Waals surface area contributed by atoms with E-state index < -0.39 is 0 Å². The number of aliphatic hydroxyl groups is 1. The molecule has 0 bridgehead atoms. The van der Waals surface area contributed by atoms with E-state index in [9.17, 15) is 9.90 Å². The molecule has 1 aromatic rings. The van der Waals surface area contributed by atoms with Gasteiger partial charge in [0.2, 0.25) is 0 Å². The largest absolute Gasteiger partial charge is 0.462 e. The lowest BCUT2D eigenvalue weighted by atomic mass is 9.91. The van der Waals surface area contributed by atoms with Crippen molar-refractivity contribution in [1.29, 1.82) is 0 Å². The highest BCUT2D eigenvalue weighted by molar-refractivity contribution is 6.30. The molecule has 1 aliphatic rings.